The predicted octanol–water partition coefficient (Wildman–Crippen LogP) is 3.79. The second-order valence-corrected chi connectivity index (χ2v) is 9.02. The lowest BCUT2D eigenvalue weighted by molar-refractivity contribution is -0.415. The number of amides is 4. The summed E-state index contributed by atoms with van der Waals surface area (Å²) in [7, 11) is 3.06. The molecule has 0 bridgehead atoms. The summed E-state index contributed by atoms with van der Waals surface area (Å²) in [6, 6.07) is 20.6. The van der Waals surface area contributed by atoms with Crippen LogP contribution in [-0.4, -0.2) is 54.1 Å². The van der Waals surface area contributed by atoms with Crippen molar-refractivity contribution in [2.24, 2.45) is 0 Å². The van der Waals surface area contributed by atoms with E-state index in [9.17, 15) is 14.4 Å². The van der Waals surface area contributed by atoms with E-state index >= 15 is 0 Å². The second-order valence-electron chi connectivity index (χ2n) is 7.87. The van der Waals surface area contributed by atoms with Gasteiger partial charge in [-0.1, -0.05) is 24.3 Å². The maximum Gasteiger partial charge on any atom is 0.506 e. The lowest BCUT2D eigenvalue weighted by Gasteiger charge is -2.24. The van der Waals surface area contributed by atoms with E-state index in [0.29, 0.717) is 28.6 Å². The Balaban J connectivity index is 1.55. The van der Waals surface area contributed by atoms with Crippen molar-refractivity contribution in [2.45, 2.75) is 10.1 Å². The number of imide groups is 1. The molecule has 0 saturated heterocycles. The van der Waals surface area contributed by atoms with Gasteiger partial charge in [0.25, 0.3) is 5.91 Å². The molecule has 9 heteroatoms. The third-order valence-corrected chi connectivity index (χ3v) is 7.10. The smallest absolute Gasteiger partial charge is 0.497 e. The molecule has 1 atom stereocenters. The number of carbonyl (C=O) groups is 3. The first kappa shape index (κ1) is 22.7. The molecule has 0 aliphatic carbocycles. The number of rotatable bonds is 6. The van der Waals surface area contributed by atoms with Crippen molar-refractivity contribution in [3.63, 3.8) is 0 Å². The van der Waals surface area contributed by atoms with Crippen LogP contribution < -0.4 is 19.7 Å². The SMILES string of the molecule is COc1ccc(N2C(=O)C3Sc4ccccc4C3=[N+](CC(=O)Nc3ccccc3OC)C2=O)cc1. The number of benzene rings is 3. The molecule has 1 N–H and O–H groups in total. The van der Waals surface area contributed by atoms with Crippen LogP contribution in [0.4, 0.5) is 16.2 Å². The van der Waals surface area contributed by atoms with Crippen LogP contribution in [0, 0.1) is 0 Å². The van der Waals surface area contributed by atoms with E-state index in [-0.39, 0.29) is 12.5 Å². The van der Waals surface area contributed by atoms with Crippen LogP contribution in [0.2, 0.25) is 0 Å². The van der Waals surface area contributed by atoms with Gasteiger partial charge >= 0.3 is 11.9 Å². The number of thioether (sulfide) groups is 1. The molecule has 0 spiro atoms. The molecule has 176 valence electrons. The van der Waals surface area contributed by atoms with Crippen LogP contribution in [0.5, 0.6) is 11.5 Å². The standard InChI is InChI=1S/C26H21N3O5S/c1-33-17-13-11-16(12-14-17)29-25(31)24-23(18-7-3-6-10-21(18)35-24)28(26(29)32)15-22(30)27-19-8-4-5-9-20(19)34-2/h3-14,24H,15H2,1-2H3/p+1. The fourth-order valence-corrected chi connectivity index (χ4v) is 5.48. The number of fused-ring (bicyclic) bond motifs is 3. The normalized spacial score (nSPS) is 16.6. The number of para-hydroxylation sites is 2. The van der Waals surface area contributed by atoms with Crippen molar-refractivity contribution in [1.29, 1.82) is 0 Å². The maximum absolute atomic E-state index is 13.7. The third kappa shape index (κ3) is 4.04. The van der Waals surface area contributed by atoms with Crippen molar-refractivity contribution in [3.05, 3.63) is 78.4 Å². The van der Waals surface area contributed by atoms with Crippen LogP contribution in [0.1, 0.15) is 5.56 Å². The zero-order valence-electron chi connectivity index (χ0n) is 19.1. The van der Waals surface area contributed by atoms with Gasteiger partial charge in [0.15, 0.2) is 11.8 Å². The van der Waals surface area contributed by atoms with Crippen LogP contribution in [-0.2, 0) is 9.59 Å². The number of urea groups is 1. The second kappa shape index (κ2) is 9.27. The molecule has 3 aromatic carbocycles. The minimum Gasteiger partial charge on any atom is -0.497 e. The number of methoxy groups -OCH3 is 2. The van der Waals surface area contributed by atoms with Gasteiger partial charge in [-0.15, -0.1) is 16.7 Å². The minimum absolute atomic E-state index is 0.266. The van der Waals surface area contributed by atoms with Crippen LogP contribution in [0.25, 0.3) is 0 Å². The van der Waals surface area contributed by atoms with Crippen LogP contribution in [0.3, 0.4) is 0 Å². The Morgan fingerprint density at radius 2 is 1.69 bits per heavy atom. The van der Waals surface area contributed by atoms with Gasteiger partial charge in [-0.3, -0.25) is 4.79 Å². The highest BCUT2D eigenvalue weighted by molar-refractivity contribution is 8.02. The largest absolute Gasteiger partial charge is 0.506 e. The summed E-state index contributed by atoms with van der Waals surface area (Å²) in [6.07, 6.45) is 0. The highest BCUT2D eigenvalue weighted by Gasteiger charge is 2.53. The summed E-state index contributed by atoms with van der Waals surface area (Å²) in [4.78, 5) is 42.4. The van der Waals surface area contributed by atoms with E-state index in [1.165, 1.54) is 23.4 Å². The number of ether oxygens (including phenoxy) is 2. The van der Waals surface area contributed by atoms with E-state index in [4.69, 9.17) is 9.47 Å². The van der Waals surface area contributed by atoms with E-state index in [0.717, 1.165) is 15.4 Å². The first-order valence-corrected chi connectivity index (χ1v) is 11.7. The number of carbonyl (C=O) groups excluding carboxylic acids is 3. The van der Waals surface area contributed by atoms with Crippen molar-refractivity contribution >= 4 is 46.7 Å². The first-order chi connectivity index (χ1) is 17.0. The first-order valence-electron chi connectivity index (χ1n) is 10.9. The molecule has 2 heterocycles. The summed E-state index contributed by atoms with van der Waals surface area (Å²) in [5.41, 5.74) is 2.21. The number of anilines is 2. The number of hydrogen-bond acceptors (Lipinski definition) is 6. The van der Waals surface area contributed by atoms with E-state index < -0.39 is 17.2 Å². The quantitative estimate of drug-likeness (QED) is 0.532. The molecule has 4 amide bonds. The van der Waals surface area contributed by atoms with E-state index in [1.54, 1.807) is 55.6 Å². The molecule has 0 radical (unpaired) electrons. The van der Waals surface area contributed by atoms with Gasteiger partial charge in [-0.05, 0) is 48.5 Å². The summed E-state index contributed by atoms with van der Waals surface area (Å²) < 4.78 is 11.9. The van der Waals surface area contributed by atoms with E-state index in [2.05, 4.69) is 5.32 Å². The molecular weight excluding hydrogens is 466 g/mol. The van der Waals surface area contributed by atoms with Gasteiger partial charge < -0.3 is 14.8 Å². The van der Waals surface area contributed by atoms with Crippen LogP contribution >= 0.6 is 11.8 Å². The molecular formula is C26H22N3O5S+. The van der Waals surface area contributed by atoms with Crippen molar-refractivity contribution in [2.75, 3.05) is 31.0 Å². The summed E-state index contributed by atoms with van der Waals surface area (Å²) in [6.45, 7) is -0.266. The van der Waals surface area contributed by atoms with Crippen molar-refractivity contribution in [1.82, 2.24) is 0 Å². The Morgan fingerprint density at radius 3 is 2.43 bits per heavy atom. The van der Waals surface area contributed by atoms with Gasteiger partial charge in [0.05, 0.1) is 19.9 Å². The Morgan fingerprint density at radius 1 is 0.971 bits per heavy atom. The predicted molar refractivity (Wildman–Crippen MR) is 133 cm³/mol. The highest BCUT2D eigenvalue weighted by atomic mass is 32.2. The molecule has 35 heavy (non-hydrogen) atoms. The summed E-state index contributed by atoms with van der Waals surface area (Å²) >= 11 is 1.38. The zero-order valence-corrected chi connectivity index (χ0v) is 19.9. The number of hydrogen-bond donors (Lipinski definition) is 1. The third-order valence-electron chi connectivity index (χ3n) is 5.83. The lowest BCUT2D eigenvalue weighted by atomic mass is 10.0. The maximum atomic E-state index is 13.7. The molecule has 2 aliphatic rings. The van der Waals surface area contributed by atoms with Crippen molar-refractivity contribution in [3.8, 4) is 11.5 Å². The zero-order chi connectivity index (χ0) is 24.5. The number of nitrogens with zero attached hydrogens (tertiary/aromatic N) is 2. The Labute approximate surface area is 206 Å². The van der Waals surface area contributed by atoms with Gasteiger partial charge in [0, 0.05) is 10.5 Å². The Bertz CT molecular complexity index is 1370. The van der Waals surface area contributed by atoms with Gasteiger partial charge in [0.2, 0.25) is 0 Å². The molecule has 5 rings (SSSR count). The molecule has 3 aromatic rings. The average Bonchev–Trinajstić information content (AvgIpc) is 3.27. The minimum atomic E-state index is -0.647. The highest BCUT2D eigenvalue weighted by Crippen LogP contribution is 2.41. The molecule has 2 aliphatic heterocycles. The topological polar surface area (TPSA) is 87.9 Å². The van der Waals surface area contributed by atoms with Gasteiger partial charge in [-0.25, -0.2) is 4.79 Å². The Hall–Kier alpha value is -4.11. The fraction of sp³-hybridized carbons (Fsp3) is 0.154. The monoisotopic (exact) mass is 488 g/mol. The van der Waals surface area contributed by atoms with Crippen molar-refractivity contribution < 1.29 is 28.4 Å². The fourth-order valence-electron chi connectivity index (χ4n) is 4.20. The summed E-state index contributed by atoms with van der Waals surface area (Å²) in [5.74, 6) is 0.354. The number of nitrogens with one attached hydrogen (secondary N) is 1. The lowest BCUT2D eigenvalue weighted by Crippen LogP contribution is -2.57. The molecule has 0 aromatic heterocycles. The molecule has 8 nitrogen and oxygen atoms in total. The average molecular weight is 489 g/mol. The molecule has 0 fully saturated rings. The van der Waals surface area contributed by atoms with E-state index in [1.807, 2.05) is 24.3 Å². The Kier molecular flexibility index (Phi) is 6.00. The van der Waals surface area contributed by atoms with Gasteiger partial charge in [-0.2, -0.15) is 9.37 Å². The summed E-state index contributed by atoms with van der Waals surface area (Å²) in [5, 5.41) is 2.17. The molecule has 0 saturated carbocycles. The van der Waals surface area contributed by atoms with Crippen LogP contribution in [0.15, 0.2) is 77.7 Å². The van der Waals surface area contributed by atoms with Gasteiger partial charge in [0.1, 0.15) is 22.9 Å². The molecule has 1 unspecified atom stereocenters.